The summed E-state index contributed by atoms with van der Waals surface area (Å²) in [5.41, 5.74) is 0.855. The van der Waals surface area contributed by atoms with Gasteiger partial charge < -0.3 is 5.32 Å². The van der Waals surface area contributed by atoms with Crippen LogP contribution in [0.3, 0.4) is 0 Å². The van der Waals surface area contributed by atoms with Crippen LogP contribution in [0.25, 0.3) is 0 Å². The number of unbranched alkanes of at least 4 members (excludes halogenated alkanes) is 1. The molecule has 1 aromatic rings. The number of nitrogens with zero attached hydrogens (tertiary/aromatic N) is 1. The van der Waals surface area contributed by atoms with Gasteiger partial charge in [0, 0.05) is 12.7 Å². The van der Waals surface area contributed by atoms with Crippen LogP contribution in [0.2, 0.25) is 0 Å². The van der Waals surface area contributed by atoms with Crippen LogP contribution < -0.4 is 5.32 Å². The number of hydrogen-bond donors (Lipinski definition) is 1. The van der Waals surface area contributed by atoms with E-state index in [1.807, 2.05) is 18.2 Å². The highest BCUT2D eigenvalue weighted by molar-refractivity contribution is 7.80. The van der Waals surface area contributed by atoms with Crippen LogP contribution in [0, 0.1) is 0 Å². The fourth-order valence-electron chi connectivity index (χ4n) is 0.966. The van der Waals surface area contributed by atoms with E-state index in [0.717, 1.165) is 23.6 Å². The first-order valence-electron chi connectivity index (χ1n) is 4.54. The highest BCUT2D eigenvalue weighted by Gasteiger charge is 1.98. The quantitative estimate of drug-likeness (QED) is 0.587. The van der Waals surface area contributed by atoms with Crippen LogP contribution >= 0.6 is 12.2 Å². The summed E-state index contributed by atoms with van der Waals surface area (Å²) in [6.07, 6.45) is 4.08. The van der Waals surface area contributed by atoms with E-state index in [0.29, 0.717) is 0 Å². The molecule has 0 aliphatic heterocycles. The third-order valence-corrected chi connectivity index (χ3v) is 2.07. The van der Waals surface area contributed by atoms with Gasteiger partial charge in [-0.15, -0.1) is 0 Å². The van der Waals surface area contributed by atoms with Crippen molar-refractivity contribution in [1.82, 2.24) is 10.3 Å². The molecule has 0 aromatic carbocycles. The van der Waals surface area contributed by atoms with Crippen molar-refractivity contribution in [3.8, 4) is 0 Å². The minimum atomic E-state index is 0.744. The molecule has 2 nitrogen and oxygen atoms in total. The van der Waals surface area contributed by atoms with E-state index >= 15 is 0 Å². The molecule has 0 saturated carbocycles. The predicted octanol–water partition coefficient (Wildman–Crippen LogP) is 2.15. The molecule has 0 fully saturated rings. The van der Waals surface area contributed by atoms with Crippen molar-refractivity contribution in [2.24, 2.45) is 0 Å². The molecule has 1 rings (SSSR count). The van der Waals surface area contributed by atoms with Gasteiger partial charge in [-0.1, -0.05) is 31.6 Å². The Morgan fingerprint density at radius 3 is 3.00 bits per heavy atom. The Morgan fingerprint density at radius 2 is 2.38 bits per heavy atom. The topological polar surface area (TPSA) is 24.9 Å². The molecule has 3 heteroatoms. The lowest BCUT2D eigenvalue weighted by Gasteiger charge is -2.05. The first-order valence-corrected chi connectivity index (χ1v) is 4.94. The van der Waals surface area contributed by atoms with Crippen LogP contribution in [0.1, 0.15) is 25.5 Å². The van der Waals surface area contributed by atoms with Gasteiger partial charge in [-0.2, -0.15) is 0 Å². The maximum atomic E-state index is 5.16. The van der Waals surface area contributed by atoms with Crippen LogP contribution in [-0.4, -0.2) is 16.5 Å². The van der Waals surface area contributed by atoms with Gasteiger partial charge in [-0.3, -0.25) is 4.98 Å². The molecule has 0 unspecified atom stereocenters. The second kappa shape index (κ2) is 5.65. The van der Waals surface area contributed by atoms with Gasteiger partial charge >= 0.3 is 0 Å². The average Bonchev–Trinajstić information content (AvgIpc) is 2.19. The first kappa shape index (κ1) is 10.1. The molecule has 0 bridgehead atoms. The molecule has 1 heterocycles. The summed E-state index contributed by atoms with van der Waals surface area (Å²) in [5, 5.41) is 3.17. The summed E-state index contributed by atoms with van der Waals surface area (Å²) in [5.74, 6) is 0. The zero-order chi connectivity index (χ0) is 9.52. The highest BCUT2D eigenvalue weighted by atomic mass is 32.1. The smallest absolute Gasteiger partial charge is 0.125 e. The van der Waals surface area contributed by atoms with Crippen molar-refractivity contribution >= 4 is 17.2 Å². The predicted molar refractivity (Wildman–Crippen MR) is 58.8 cm³/mol. The molecule has 0 aliphatic carbocycles. The average molecular weight is 194 g/mol. The van der Waals surface area contributed by atoms with Crippen molar-refractivity contribution in [1.29, 1.82) is 0 Å². The highest BCUT2D eigenvalue weighted by Crippen LogP contribution is 1.94. The summed E-state index contributed by atoms with van der Waals surface area (Å²) in [7, 11) is 0. The molecule has 0 atom stereocenters. The minimum absolute atomic E-state index is 0.744. The molecule has 0 spiro atoms. The lowest BCUT2D eigenvalue weighted by molar-refractivity contribution is 0.758. The van der Waals surface area contributed by atoms with E-state index in [2.05, 4.69) is 17.2 Å². The van der Waals surface area contributed by atoms with E-state index in [1.54, 1.807) is 6.20 Å². The second-order valence-electron chi connectivity index (χ2n) is 2.82. The summed E-state index contributed by atoms with van der Waals surface area (Å²) in [6.45, 7) is 3.09. The van der Waals surface area contributed by atoms with Crippen LogP contribution in [0.15, 0.2) is 24.4 Å². The van der Waals surface area contributed by atoms with Crippen LogP contribution in [-0.2, 0) is 0 Å². The van der Waals surface area contributed by atoms with Crippen molar-refractivity contribution in [2.45, 2.75) is 19.8 Å². The molecule has 1 aromatic heterocycles. The SMILES string of the molecule is CCCCNC(=S)c1ccccn1. The Kier molecular flexibility index (Phi) is 4.40. The molecule has 0 aliphatic rings. The molecule has 0 amide bonds. The standard InChI is InChI=1S/C10H14N2S/c1-2-3-7-12-10(13)9-6-4-5-8-11-9/h4-6,8H,2-3,7H2,1H3,(H,12,13). The van der Waals surface area contributed by atoms with E-state index < -0.39 is 0 Å². The Morgan fingerprint density at radius 1 is 1.54 bits per heavy atom. The maximum Gasteiger partial charge on any atom is 0.125 e. The number of rotatable bonds is 4. The third-order valence-electron chi connectivity index (χ3n) is 1.71. The Labute approximate surface area is 84.4 Å². The Balaban J connectivity index is 2.40. The number of pyridine rings is 1. The Bertz CT molecular complexity index is 259. The van der Waals surface area contributed by atoms with Gasteiger partial charge in [-0.25, -0.2) is 0 Å². The Hall–Kier alpha value is -0.960. The van der Waals surface area contributed by atoms with E-state index in [4.69, 9.17) is 12.2 Å². The molecule has 1 N–H and O–H groups in total. The molecule has 70 valence electrons. The minimum Gasteiger partial charge on any atom is -0.375 e. The second-order valence-corrected chi connectivity index (χ2v) is 3.23. The monoisotopic (exact) mass is 194 g/mol. The molecular weight excluding hydrogens is 180 g/mol. The summed E-state index contributed by atoms with van der Waals surface area (Å²) >= 11 is 5.16. The number of hydrogen-bond acceptors (Lipinski definition) is 2. The lowest BCUT2D eigenvalue weighted by atomic mass is 10.3. The lowest BCUT2D eigenvalue weighted by Crippen LogP contribution is -2.23. The van der Waals surface area contributed by atoms with Gasteiger partial charge in [0.2, 0.25) is 0 Å². The zero-order valence-electron chi connectivity index (χ0n) is 7.79. The first-order chi connectivity index (χ1) is 6.34. The van der Waals surface area contributed by atoms with Gasteiger partial charge in [0.1, 0.15) is 4.99 Å². The van der Waals surface area contributed by atoms with Gasteiger partial charge in [-0.05, 0) is 18.6 Å². The fourth-order valence-corrected chi connectivity index (χ4v) is 1.19. The third kappa shape index (κ3) is 3.51. The molecule has 0 saturated heterocycles. The fraction of sp³-hybridized carbons (Fsp3) is 0.400. The summed E-state index contributed by atoms with van der Waals surface area (Å²) < 4.78 is 0. The van der Waals surface area contributed by atoms with Crippen LogP contribution in [0.4, 0.5) is 0 Å². The van der Waals surface area contributed by atoms with E-state index in [1.165, 1.54) is 6.42 Å². The maximum absolute atomic E-state index is 5.16. The largest absolute Gasteiger partial charge is 0.375 e. The normalized spacial score (nSPS) is 9.62. The van der Waals surface area contributed by atoms with Crippen LogP contribution in [0.5, 0.6) is 0 Å². The number of nitrogens with one attached hydrogen (secondary N) is 1. The molecule has 0 radical (unpaired) electrons. The summed E-state index contributed by atoms with van der Waals surface area (Å²) in [4.78, 5) is 4.90. The van der Waals surface area contributed by atoms with E-state index in [-0.39, 0.29) is 0 Å². The van der Waals surface area contributed by atoms with Crippen molar-refractivity contribution in [3.63, 3.8) is 0 Å². The van der Waals surface area contributed by atoms with Gasteiger partial charge in [0.05, 0.1) is 5.69 Å². The van der Waals surface area contributed by atoms with Gasteiger partial charge in [0.15, 0.2) is 0 Å². The zero-order valence-corrected chi connectivity index (χ0v) is 8.60. The van der Waals surface area contributed by atoms with Crippen molar-refractivity contribution in [3.05, 3.63) is 30.1 Å². The van der Waals surface area contributed by atoms with Crippen molar-refractivity contribution in [2.75, 3.05) is 6.54 Å². The van der Waals surface area contributed by atoms with Gasteiger partial charge in [0.25, 0.3) is 0 Å². The molecular formula is C10H14N2S. The van der Waals surface area contributed by atoms with E-state index in [9.17, 15) is 0 Å². The number of thiocarbonyl (C=S) groups is 1. The number of aromatic nitrogens is 1. The molecule has 13 heavy (non-hydrogen) atoms. The summed E-state index contributed by atoms with van der Waals surface area (Å²) in [6, 6.07) is 5.75. The van der Waals surface area contributed by atoms with Crippen molar-refractivity contribution < 1.29 is 0 Å².